The molecule has 148 valence electrons. The van der Waals surface area contributed by atoms with Gasteiger partial charge in [0.25, 0.3) is 0 Å². The van der Waals surface area contributed by atoms with E-state index in [-0.39, 0.29) is 18.1 Å². The number of hydrogen-bond donors (Lipinski definition) is 3. The number of carbonyl (C=O) groups is 2. The molecule has 1 aromatic carbocycles. The topological polar surface area (TPSA) is 139 Å². The van der Waals surface area contributed by atoms with Crippen molar-refractivity contribution >= 4 is 28.5 Å². The van der Waals surface area contributed by atoms with Crippen molar-refractivity contribution < 1.29 is 18.6 Å². The Morgan fingerprint density at radius 3 is 2.86 bits per heavy atom. The van der Waals surface area contributed by atoms with Crippen LogP contribution in [0.1, 0.15) is 27.8 Å². The van der Waals surface area contributed by atoms with Crippen molar-refractivity contribution in [3.63, 3.8) is 0 Å². The summed E-state index contributed by atoms with van der Waals surface area (Å²) in [5.74, 6) is -0.104. The van der Waals surface area contributed by atoms with Crippen LogP contribution in [0.25, 0.3) is 10.9 Å². The van der Waals surface area contributed by atoms with E-state index >= 15 is 0 Å². The average Bonchev–Trinajstić information content (AvgIpc) is 3.42. The fraction of sp³-hybridized carbons (Fsp3) is 0.211. The Balaban J connectivity index is 1.28. The van der Waals surface area contributed by atoms with Crippen LogP contribution >= 0.6 is 0 Å². The van der Waals surface area contributed by atoms with E-state index in [9.17, 15) is 9.59 Å². The Hall–Kier alpha value is -3.95. The first-order valence-corrected chi connectivity index (χ1v) is 8.97. The summed E-state index contributed by atoms with van der Waals surface area (Å²) in [6.07, 6.45) is 2.42. The zero-order valence-electron chi connectivity index (χ0n) is 15.6. The number of H-pyrrole nitrogens is 1. The summed E-state index contributed by atoms with van der Waals surface area (Å²) in [5.41, 5.74) is 2.15. The summed E-state index contributed by atoms with van der Waals surface area (Å²) in [5, 5.41) is 13.7. The van der Waals surface area contributed by atoms with Gasteiger partial charge in [-0.1, -0.05) is 28.5 Å². The molecule has 4 rings (SSSR count). The second kappa shape index (κ2) is 7.97. The Bertz CT molecular complexity index is 1160. The van der Waals surface area contributed by atoms with Crippen LogP contribution in [0.4, 0.5) is 5.82 Å². The number of benzene rings is 1. The molecule has 0 fully saturated rings. The van der Waals surface area contributed by atoms with Crippen LogP contribution in [-0.4, -0.2) is 38.6 Å². The fourth-order valence-electron chi connectivity index (χ4n) is 2.90. The average molecular weight is 394 g/mol. The van der Waals surface area contributed by atoms with Gasteiger partial charge in [-0.05, 0) is 25.0 Å². The van der Waals surface area contributed by atoms with Crippen LogP contribution in [0.3, 0.4) is 0 Å². The number of aromatic nitrogens is 4. The second-order valence-electron chi connectivity index (χ2n) is 6.43. The third-order valence-corrected chi connectivity index (χ3v) is 4.23. The van der Waals surface area contributed by atoms with Crippen molar-refractivity contribution in [2.24, 2.45) is 0 Å². The van der Waals surface area contributed by atoms with Gasteiger partial charge < -0.3 is 24.7 Å². The molecule has 0 radical (unpaired) electrons. The fourth-order valence-corrected chi connectivity index (χ4v) is 2.90. The number of nitrogens with zero attached hydrogens (tertiary/aromatic N) is 3. The third kappa shape index (κ3) is 4.32. The quantitative estimate of drug-likeness (QED) is 0.436. The molecule has 10 nitrogen and oxygen atoms in total. The molecule has 0 spiro atoms. The van der Waals surface area contributed by atoms with Crippen molar-refractivity contribution in [1.82, 2.24) is 25.6 Å². The number of fused-ring (bicyclic) bond motifs is 1. The van der Waals surface area contributed by atoms with Gasteiger partial charge >= 0.3 is 11.8 Å². The predicted molar refractivity (Wildman–Crippen MR) is 102 cm³/mol. The summed E-state index contributed by atoms with van der Waals surface area (Å²) in [6, 6.07) is 9.54. The second-order valence-corrected chi connectivity index (χ2v) is 6.43. The highest BCUT2D eigenvalue weighted by molar-refractivity contribution is 5.92. The molecule has 0 aliphatic rings. The van der Waals surface area contributed by atoms with Crippen molar-refractivity contribution in [2.45, 2.75) is 19.8 Å². The molecule has 0 saturated heterocycles. The molecule has 0 bridgehead atoms. The molecule has 0 saturated carbocycles. The zero-order chi connectivity index (χ0) is 20.2. The number of para-hydroxylation sites is 1. The molecule has 0 unspecified atom stereocenters. The number of aryl methyl sites for hydroxylation is 1. The number of nitrogens with one attached hydrogen (secondary N) is 3. The van der Waals surface area contributed by atoms with Crippen molar-refractivity contribution in [2.75, 3.05) is 11.9 Å². The number of anilines is 1. The third-order valence-electron chi connectivity index (χ3n) is 4.23. The maximum Gasteiger partial charge on any atom is 0.315 e. The van der Waals surface area contributed by atoms with E-state index < -0.39 is 11.8 Å². The Kier molecular flexibility index (Phi) is 5.06. The maximum absolute atomic E-state index is 12.2. The standard InChI is InChI=1S/C19H18N6O4/c1-11-8-15(24-28-11)22-17(26)9-16-23-19(29-25-16)18(27)20-7-6-12-10-21-14-5-3-2-4-13(12)14/h2-5,8,10,21H,6-7,9H2,1H3,(H,20,27)(H,22,24,26). The van der Waals surface area contributed by atoms with Crippen LogP contribution in [0.15, 0.2) is 45.6 Å². The number of aromatic amines is 1. The minimum absolute atomic E-state index is 0.101. The van der Waals surface area contributed by atoms with Crippen LogP contribution in [0, 0.1) is 6.92 Å². The van der Waals surface area contributed by atoms with Gasteiger partial charge in [-0.3, -0.25) is 9.59 Å². The van der Waals surface area contributed by atoms with E-state index in [2.05, 4.69) is 30.9 Å². The van der Waals surface area contributed by atoms with Gasteiger partial charge in [0.05, 0.1) is 6.42 Å². The molecule has 3 N–H and O–H groups in total. The molecule has 0 aliphatic carbocycles. The van der Waals surface area contributed by atoms with Crippen molar-refractivity contribution in [1.29, 1.82) is 0 Å². The van der Waals surface area contributed by atoms with Crippen molar-refractivity contribution in [3.8, 4) is 0 Å². The van der Waals surface area contributed by atoms with Gasteiger partial charge in [-0.2, -0.15) is 4.98 Å². The van der Waals surface area contributed by atoms with Gasteiger partial charge in [0, 0.05) is 29.7 Å². The molecule has 3 heterocycles. The number of carbonyl (C=O) groups excluding carboxylic acids is 2. The Morgan fingerprint density at radius 2 is 2.03 bits per heavy atom. The normalized spacial score (nSPS) is 10.9. The lowest BCUT2D eigenvalue weighted by molar-refractivity contribution is -0.115. The smallest absolute Gasteiger partial charge is 0.315 e. The van der Waals surface area contributed by atoms with Gasteiger partial charge in [0.1, 0.15) is 5.76 Å². The monoisotopic (exact) mass is 394 g/mol. The summed E-state index contributed by atoms with van der Waals surface area (Å²) >= 11 is 0. The lowest BCUT2D eigenvalue weighted by Gasteiger charge is -2.01. The predicted octanol–water partition coefficient (Wildman–Crippen LogP) is 2.00. The number of hydrogen-bond acceptors (Lipinski definition) is 7. The molecule has 10 heteroatoms. The van der Waals surface area contributed by atoms with E-state index in [4.69, 9.17) is 9.05 Å². The van der Waals surface area contributed by atoms with Crippen LogP contribution in [-0.2, 0) is 17.6 Å². The Morgan fingerprint density at radius 1 is 1.17 bits per heavy atom. The molecular formula is C19H18N6O4. The Labute approximate surface area is 164 Å². The SMILES string of the molecule is Cc1cc(NC(=O)Cc2noc(C(=O)NCCc3c[nH]c4ccccc34)n2)no1. The minimum atomic E-state index is -0.490. The highest BCUT2D eigenvalue weighted by atomic mass is 16.5. The summed E-state index contributed by atoms with van der Waals surface area (Å²) in [6.45, 7) is 2.12. The van der Waals surface area contributed by atoms with Gasteiger partial charge in [0.15, 0.2) is 11.6 Å². The zero-order valence-corrected chi connectivity index (χ0v) is 15.6. The van der Waals surface area contributed by atoms with E-state index in [0.29, 0.717) is 24.5 Å². The highest BCUT2D eigenvalue weighted by Gasteiger charge is 2.17. The first-order valence-electron chi connectivity index (χ1n) is 8.97. The van der Waals surface area contributed by atoms with Crippen LogP contribution in [0.5, 0.6) is 0 Å². The number of amides is 2. The van der Waals surface area contributed by atoms with Gasteiger partial charge in [-0.15, -0.1) is 0 Å². The summed E-state index contributed by atoms with van der Waals surface area (Å²) in [4.78, 5) is 31.3. The van der Waals surface area contributed by atoms with Gasteiger partial charge in [0.2, 0.25) is 5.91 Å². The highest BCUT2D eigenvalue weighted by Crippen LogP contribution is 2.17. The van der Waals surface area contributed by atoms with E-state index in [0.717, 1.165) is 16.5 Å². The van der Waals surface area contributed by atoms with Crippen LogP contribution in [0.2, 0.25) is 0 Å². The van der Waals surface area contributed by atoms with E-state index in [1.54, 1.807) is 13.0 Å². The molecule has 4 aromatic rings. The van der Waals surface area contributed by atoms with Crippen LogP contribution < -0.4 is 10.6 Å². The first kappa shape index (κ1) is 18.4. The van der Waals surface area contributed by atoms with E-state index in [1.165, 1.54) is 0 Å². The molecule has 29 heavy (non-hydrogen) atoms. The molecule has 0 aliphatic heterocycles. The molecule has 0 atom stereocenters. The van der Waals surface area contributed by atoms with Crippen molar-refractivity contribution in [3.05, 3.63) is 59.6 Å². The molecule has 3 aromatic heterocycles. The first-order chi connectivity index (χ1) is 14.1. The summed E-state index contributed by atoms with van der Waals surface area (Å²) < 4.78 is 9.82. The van der Waals surface area contributed by atoms with Gasteiger partial charge in [-0.25, -0.2) is 0 Å². The lowest BCUT2D eigenvalue weighted by Crippen LogP contribution is -2.26. The minimum Gasteiger partial charge on any atom is -0.361 e. The van der Waals surface area contributed by atoms with E-state index in [1.807, 2.05) is 30.5 Å². The molecule has 2 amide bonds. The lowest BCUT2D eigenvalue weighted by atomic mass is 10.1. The largest absolute Gasteiger partial charge is 0.361 e. The summed E-state index contributed by atoms with van der Waals surface area (Å²) in [7, 11) is 0. The number of rotatable bonds is 7. The maximum atomic E-state index is 12.2. The molecular weight excluding hydrogens is 376 g/mol.